The number of aromatic nitrogens is 3. The van der Waals surface area contributed by atoms with E-state index in [1.54, 1.807) is 12.3 Å². The first kappa shape index (κ1) is 33.7. The summed E-state index contributed by atoms with van der Waals surface area (Å²) in [5, 5.41) is 0.910. The monoisotopic (exact) mass is 987 g/mol. The fourth-order valence-corrected chi connectivity index (χ4v) is 7.74. The first-order chi connectivity index (χ1) is 31.4. The summed E-state index contributed by atoms with van der Waals surface area (Å²) in [7, 11) is 0. The summed E-state index contributed by atoms with van der Waals surface area (Å²) < 4.78 is 72.6. The molecule has 306 valence electrons. The maximum absolute atomic E-state index is 9.14. The molecule has 1 aliphatic rings. The van der Waals surface area contributed by atoms with Crippen molar-refractivity contribution in [1.82, 2.24) is 23.7 Å². The van der Waals surface area contributed by atoms with Gasteiger partial charge in [0, 0.05) is 51.2 Å². The summed E-state index contributed by atoms with van der Waals surface area (Å²) >= 11 is 0. The van der Waals surface area contributed by atoms with E-state index in [1.807, 2.05) is 88.1 Å². The Morgan fingerprint density at radius 3 is 2.13 bits per heavy atom. The molecule has 61 heavy (non-hydrogen) atoms. The molecule has 0 aliphatic carbocycles. The second kappa shape index (κ2) is 15.5. The van der Waals surface area contributed by atoms with Crippen molar-refractivity contribution >= 4 is 50.7 Å². The number of hydrogen-bond acceptors (Lipinski definition) is 3. The molecule has 0 unspecified atom stereocenters. The molecule has 6 nitrogen and oxygen atoms in total. The van der Waals surface area contributed by atoms with Crippen LogP contribution in [0.3, 0.4) is 0 Å². The van der Waals surface area contributed by atoms with Gasteiger partial charge in [-0.1, -0.05) is 144 Å². The Morgan fingerprint density at radius 1 is 0.689 bits per heavy atom. The smallest absolute Gasteiger partial charge is 0.509 e. The molecule has 3 aromatic heterocycles. The van der Waals surface area contributed by atoms with Crippen LogP contribution in [0.2, 0.25) is 0 Å². The van der Waals surface area contributed by atoms with Crippen LogP contribution in [0.25, 0.3) is 38.9 Å². The van der Waals surface area contributed by atoms with Gasteiger partial charge in [-0.05, 0) is 69.1 Å². The van der Waals surface area contributed by atoms with E-state index in [2.05, 4.69) is 97.2 Å². The van der Waals surface area contributed by atoms with Gasteiger partial charge in [0.05, 0.1) is 16.6 Å². The largest absolute Gasteiger partial charge is 2.00 e. The molecule has 0 amide bonds. The van der Waals surface area contributed by atoms with Crippen LogP contribution >= 0.6 is 0 Å². The third kappa shape index (κ3) is 7.80. The molecule has 0 fully saturated rings. The van der Waals surface area contributed by atoms with Gasteiger partial charge in [0.2, 0.25) is 5.69 Å². The van der Waals surface area contributed by atoms with Gasteiger partial charge in [-0.15, -0.1) is 23.8 Å². The molecule has 9 rings (SSSR count). The van der Waals surface area contributed by atoms with E-state index in [0.717, 1.165) is 55.8 Å². The van der Waals surface area contributed by atoms with Crippen LogP contribution in [0.5, 0.6) is 11.5 Å². The van der Waals surface area contributed by atoms with Gasteiger partial charge in [0.1, 0.15) is 11.5 Å². The van der Waals surface area contributed by atoms with E-state index in [-0.39, 0.29) is 37.5 Å². The minimum atomic E-state index is -2.84. The Hall–Kier alpha value is -5.93. The number of benzene rings is 5. The van der Waals surface area contributed by atoms with Gasteiger partial charge in [-0.3, -0.25) is 4.98 Å². The molecule has 7 heteroatoms. The zero-order valence-electron chi connectivity index (χ0n) is 42.8. The maximum atomic E-state index is 9.14. The number of fused-ring (bicyclic) bond motifs is 4. The van der Waals surface area contributed by atoms with Crippen molar-refractivity contribution < 1.29 is 35.4 Å². The van der Waals surface area contributed by atoms with Crippen LogP contribution in [-0.2, 0) is 37.3 Å². The second-order valence-electron chi connectivity index (χ2n) is 18.4. The summed E-state index contributed by atoms with van der Waals surface area (Å²) in [6.07, 6.45) is 3.63. The molecule has 1 aliphatic heterocycles. The van der Waals surface area contributed by atoms with Crippen molar-refractivity contribution in [3.05, 3.63) is 162 Å². The molecular formula is C54H51N5OPt+2. The molecule has 0 atom stereocenters. The Bertz CT molecular complexity index is 3390. The summed E-state index contributed by atoms with van der Waals surface area (Å²) in [6.45, 7) is 16.3. The van der Waals surface area contributed by atoms with Crippen LogP contribution < -0.4 is 13.9 Å². The molecule has 0 radical (unpaired) electrons. The van der Waals surface area contributed by atoms with E-state index in [1.165, 1.54) is 0 Å². The van der Waals surface area contributed by atoms with E-state index in [0.29, 0.717) is 28.4 Å². The van der Waals surface area contributed by atoms with Gasteiger partial charge in [0.25, 0.3) is 11.4 Å². The minimum absolute atomic E-state index is 0. The Balaban J connectivity index is 0.00000625. The SMILES string of the molecule is [2H]c1c([2H])c(C([2H])([2H])[2H])c([2H])c([2H])c1-c1cccc(C(C)(C)C)c1[N+]1=C=[N+](c2[c-]c(Oc3[c-]c4c(cc3)c3ncccc3n4-c3cc(C(C)(C)C)ccn3)cc(C(C)(C)C)c2)c2ccccc21.[Pt+2]. The summed E-state index contributed by atoms with van der Waals surface area (Å²) in [4.78, 5) is 9.58. The minimum Gasteiger partial charge on any atom is -0.509 e. The van der Waals surface area contributed by atoms with Crippen molar-refractivity contribution in [3.63, 3.8) is 0 Å². The van der Waals surface area contributed by atoms with E-state index >= 15 is 0 Å². The molecule has 4 heterocycles. The predicted octanol–water partition coefficient (Wildman–Crippen LogP) is 13.7. The Morgan fingerprint density at radius 2 is 1.43 bits per heavy atom. The first-order valence-electron chi connectivity index (χ1n) is 23.7. The molecule has 8 aromatic rings. The van der Waals surface area contributed by atoms with Gasteiger partial charge in [-0.25, -0.2) is 4.98 Å². The van der Waals surface area contributed by atoms with Crippen LogP contribution in [0, 0.1) is 19.0 Å². The van der Waals surface area contributed by atoms with Crippen molar-refractivity contribution in [1.29, 1.82) is 0 Å². The molecule has 5 aromatic carbocycles. The van der Waals surface area contributed by atoms with Crippen LogP contribution in [0.15, 0.2) is 128 Å². The van der Waals surface area contributed by atoms with Gasteiger partial charge >= 0.3 is 27.1 Å². The standard InChI is InChI=1S/C54H51N5O.Pt/c1-35-20-22-36(23-21-35)42-15-13-16-44(54(8,9)10)51(42)58-34-57(45-17-11-12-18-46(45)58)39-29-38(53(5,6)7)30-41(32-39)60-40-24-25-43-48(33-40)59(47-19-14-27-56-50(43)47)49-31-37(26-28-55-49)52(2,3)4;/h11-31H,1-10H3;/q;+2/i1D3,20D,21D,22D,23D;. The fraction of sp³-hybridized carbons (Fsp3) is 0.241. The van der Waals surface area contributed by atoms with Crippen molar-refractivity contribution in [2.45, 2.75) is 85.4 Å². The molecular weight excluding hydrogens is 930 g/mol. The van der Waals surface area contributed by atoms with Crippen molar-refractivity contribution in [2.24, 2.45) is 0 Å². The number of para-hydroxylation sites is 3. The third-order valence-electron chi connectivity index (χ3n) is 10.9. The third-order valence-corrected chi connectivity index (χ3v) is 10.9. The number of nitrogens with zero attached hydrogens (tertiary/aromatic N) is 5. The molecule has 0 N–H and O–H groups in total. The number of hydrogen-bond donors (Lipinski definition) is 0. The van der Waals surface area contributed by atoms with E-state index in [4.69, 9.17) is 24.3 Å². The Labute approximate surface area is 384 Å². The van der Waals surface area contributed by atoms with Gasteiger partial charge < -0.3 is 9.30 Å². The van der Waals surface area contributed by atoms with Crippen molar-refractivity contribution in [3.8, 4) is 28.4 Å². The normalized spacial score (nSPS) is 14.7. The zero-order chi connectivity index (χ0) is 48.1. The van der Waals surface area contributed by atoms with E-state index in [9.17, 15) is 0 Å². The summed E-state index contributed by atoms with van der Waals surface area (Å²) in [5.41, 5.74) is 7.13. The molecule has 0 bridgehead atoms. The maximum Gasteiger partial charge on any atom is 2.00 e. The average molecular weight is 988 g/mol. The van der Waals surface area contributed by atoms with Crippen molar-refractivity contribution in [2.75, 3.05) is 0 Å². The van der Waals surface area contributed by atoms with Gasteiger partial charge in [-0.2, -0.15) is 6.07 Å². The molecule has 0 spiro atoms. The van der Waals surface area contributed by atoms with Crippen LogP contribution in [0.4, 0.5) is 22.7 Å². The molecule has 0 saturated carbocycles. The summed E-state index contributed by atoms with van der Waals surface area (Å²) in [5.74, 6) is 1.68. The second-order valence-corrected chi connectivity index (χ2v) is 18.4. The zero-order valence-corrected chi connectivity index (χ0v) is 38.0. The number of rotatable bonds is 6. The van der Waals surface area contributed by atoms with Crippen LogP contribution in [-0.4, -0.2) is 20.5 Å². The topological polar surface area (TPSA) is 46.0 Å². The number of pyridine rings is 2. The quantitative estimate of drug-likeness (QED) is 0.123. The number of ether oxygens (including phenoxy) is 1. The predicted molar refractivity (Wildman–Crippen MR) is 248 cm³/mol. The van der Waals surface area contributed by atoms with Gasteiger partial charge in [0.15, 0.2) is 0 Å². The molecule has 0 saturated heterocycles. The first-order valence-corrected chi connectivity index (χ1v) is 20.2. The fourth-order valence-electron chi connectivity index (χ4n) is 7.74. The summed E-state index contributed by atoms with van der Waals surface area (Å²) in [6, 6.07) is 38.1. The average Bonchev–Trinajstić information content (AvgIpc) is 3.80. The Kier molecular flexibility index (Phi) is 8.58. The van der Waals surface area contributed by atoms with Crippen LogP contribution in [0.1, 0.15) is 94.2 Å². The van der Waals surface area contributed by atoms with E-state index < -0.39 is 42.0 Å².